The van der Waals surface area contributed by atoms with Crippen LogP contribution >= 0.6 is 11.6 Å². The third-order valence-corrected chi connectivity index (χ3v) is 6.53. The Morgan fingerprint density at radius 3 is 2.53 bits per heavy atom. The van der Waals surface area contributed by atoms with Crippen LogP contribution < -0.4 is 10.1 Å². The van der Waals surface area contributed by atoms with Crippen molar-refractivity contribution in [2.45, 2.75) is 31.6 Å². The molecule has 0 bridgehead atoms. The maximum atomic E-state index is 12.8. The zero-order valence-electron chi connectivity index (χ0n) is 18.4. The van der Waals surface area contributed by atoms with E-state index in [0.717, 1.165) is 26.2 Å². The van der Waals surface area contributed by atoms with Crippen molar-refractivity contribution in [2.75, 3.05) is 58.2 Å². The second kappa shape index (κ2) is 10.3. The number of piperazine rings is 1. The van der Waals surface area contributed by atoms with Gasteiger partial charge in [0.25, 0.3) is 0 Å². The van der Waals surface area contributed by atoms with Gasteiger partial charge in [0, 0.05) is 62.4 Å². The number of anilines is 1. The number of hydrogen-bond acceptors (Lipinski definition) is 5. The lowest BCUT2D eigenvalue weighted by atomic mass is 10.0. The third-order valence-electron chi connectivity index (χ3n) is 6.18. The second-order valence-corrected chi connectivity index (χ2v) is 8.70. The first-order chi connectivity index (χ1) is 15.1. The minimum Gasteiger partial charge on any atom is -0.495 e. The molecule has 6 nitrogen and oxygen atoms in total. The van der Waals surface area contributed by atoms with Gasteiger partial charge in [-0.3, -0.25) is 14.6 Å². The zero-order chi connectivity index (χ0) is 23.5. The molecule has 3 rings (SSSR count). The average Bonchev–Trinajstić information content (AvgIpc) is 2.71. The molecule has 2 saturated heterocycles. The normalized spacial score (nSPS) is 19.4. The van der Waals surface area contributed by atoms with Crippen molar-refractivity contribution in [1.82, 2.24) is 14.7 Å². The number of nitrogens with one attached hydrogen (secondary N) is 1. The summed E-state index contributed by atoms with van der Waals surface area (Å²) in [7, 11) is 1.40. The molecule has 1 amide bonds. The van der Waals surface area contributed by atoms with Crippen molar-refractivity contribution in [3.05, 3.63) is 35.4 Å². The van der Waals surface area contributed by atoms with Gasteiger partial charge in [0.1, 0.15) is 5.75 Å². The van der Waals surface area contributed by atoms with Crippen LogP contribution in [0.2, 0.25) is 5.02 Å². The van der Waals surface area contributed by atoms with E-state index in [2.05, 4.69) is 28.6 Å². The Hall–Kier alpha value is -1.97. The topological polar surface area (TPSA) is 48.0 Å². The first-order valence-electron chi connectivity index (χ1n) is 10.7. The predicted molar refractivity (Wildman–Crippen MR) is 119 cm³/mol. The molecular weight excluding hydrogens is 445 g/mol. The number of likely N-dealkylation sites (tertiary alicyclic amines) is 1. The first kappa shape index (κ1) is 24.7. The minimum absolute atomic E-state index is 0.0239. The molecule has 0 aliphatic carbocycles. The molecule has 1 aromatic rings. The van der Waals surface area contributed by atoms with Gasteiger partial charge in [-0.1, -0.05) is 17.7 Å². The fourth-order valence-corrected chi connectivity index (χ4v) is 4.30. The maximum Gasteiger partial charge on any atom is 0.393 e. The van der Waals surface area contributed by atoms with Crippen LogP contribution in [0.1, 0.15) is 12.5 Å². The summed E-state index contributed by atoms with van der Waals surface area (Å²) in [5.41, 5.74) is 0.248. The van der Waals surface area contributed by atoms with Gasteiger partial charge in [0.2, 0.25) is 5.91 Å². The summed E-state index contributed by atoms with van der Waals surface area (Å²) < 4.78 is 43.6. The highest BCUT2D eigenvalue weighted by atomic mass is 35.5. The van der Waals surface area contributed by atoms with E-state index in [4.69, 9.17) is 16.3 Å². The van der Waals surface area contributed by atoms with Crippen LogP contribution in [0.15, 0.2) is 24.8 Å². The number of benzene rings is 1. The quantitative estimate of drug-likeness (QED) is 0.586. The van der Waals surface area contributed by atoms with E-state index in [9.17, 15) is 18.0 Å². The lowest BCUT2D eigenvalue weighted by molar-refractivity contribution is -0.132. The Morgan fingerprint density at radius 2 is 1.97 bits per heavy atom. The Kier molecular flexibility index (Phi) is 7.95. The molecule has 1 N–H and O–H groups in total. The Labute approximate surface area is 191 Å². The summed E-state index contributed by atoms with van der Waals surface area (Å²) in [6.07, 6.45) is -3.58. The first-order valence-corrected chi connectivity index (χ1v) is 11.0. The van der Waals surface area contributed by atoms with Crippen LogP contribution in [-0.2, 0) is 11.2 Å². The number of carbonyl (C=O) groups is 1. The summed E-state index contributed by atoms with van der Waals surface area (Å²) in [5.74, 6) is 0.191. The van der Waals surface area contributed by atoms with Crippen LogP contribution in [0, 0.1) is 0 Å². The summed E-state index contributed by atoms with van der Waals surface area (Å²) in [6.45, 7) is 10.8. The van der Waals surface area contributed by atoms with Gasteiger partial charge < -0.3 is 15.0 Å². The van der Waals surface area contributed by atoms with Crippen molar-refractivity contribution in [2.24, 2.45) is 0 Å². The largest absolute Gasteiger partial charge is 0.495 e. The lowest BCUT2D eigenvalue weighted by Crippen LogP contribution is -2.64. The number of methoxy groups -OCH3 is 1. The fourth-order valence-electron chi connectivity index (χ4n) is 4.08. The number of amides is 1. The van der Waals surface area contributed by atoms with E-state index in [-0.39, 0.29) is 23.0 Å². The number of ether oxygens (including phenoxy) is 1. The number of hydrogen-bond donors (Lipinski definition) is 1. The molecule has 2 aliphatic rings. The number of halogens is 4. The molecule has 178 valence electrons. The third kappa shape index (κ3) is 6.08. The van der Waals surface area contributed by atoms with Gasteiger partial charge in [-0.05, 0) is 18.6 Å². The molecule has 1 aromatic carbocycles. The molecule has 1 unspecified atom stereocenters. The highest BCUT2D eigenvalue weighted by molar-refractivity contribution is 6.31. The van der Waals surface area contributed by atoms with Gasteiger partial charge in [-0.2, -0.15) is 13.2 Å². The molecule has 2 aliphatic heterocycles. The van der Waals surface area contributed by atoms with E-state index in [1.54, 1.807) is 4.90 Å². The molecule has 10 heteroatoms. The van der Waals surface area contributed by atoms with Crippen LogP contribution in [0.3, 0.4) is 0 Å². The highest BCUT2D eigenvalue weighted by Crippen LogP contribution is 2.34. The van der Waals surface area contributed by atoms with Crippen molar-refractivity contribution in [1.29, 1.82) is 0 Å². The molecule has 0 saturated carbocycles. The Morgan fingerprint density at radius 1 is 1.31 bits per heavy atom. The molecule has 2 heterocycles. The molecule has 0 spiro atoms. The van der Waals surface area contributed by atoms with E-state index in [0.29, 0.717) is 36.6 Å². The van der Waals surface area contributed by atoms with Crippen LogP contribution in [0.25, 0.3) is 0 Å². The molecule has 32 heavy (non-hydrogen) atoms. The summed E-state index contributed by atoms with van der Waals surface area (Å²) in [6, 6.07) is 3.52. The van der Waals surface area contributed by atoms with Gasteiger partial charge >= 0.3 is 6.18 Å². The predicted octanol–water partition coefficient (Wildman–Crippen LogP) is 3.27. The fraction of sp³-hybridized carbons (Fsp3) is 0.591. The molecular formula is C22H30ClF3N4O2. The van der Waals surface area contributed by atoms with Gasteiger partial charge in [0.15, 0.2) is 0 Å². The Balaban J connectivity index is 1.51. The van der Waals surface area contributed by atoms with Crippen molar-refractivity contribution in [3.8, 4) is 5.75 Å². The number of alkyl halides is 3. The summed E-state index contributed by atoms with van der Waals surface area (Å²) in [4.78, 5) is 19.2. The SMILES string of the molecule is C=CC(C)N1CC(N2CCN(C(=O)CNc3cc(CC(F)(F)F)c(Cl)cc3OC)CC2)C1. The van der Waals surface area contributed by atoms with Crippen molar-refractivity contribution in [3.63, 3.8) is 0 Å². The van der Waals surface area contributed by atoms with Gasteiger partial charge in [-0.15, -0.1) is 6.58 Å². The van der Waals surface area contributed by atoms with E-state index >= 15 is 0 Å². The molecule has 0 aromatic heterocycles. The maximum absolute atomic E-state index is 12.8. The Bertz CT molecular complexity index is 822. The molecule has 1 atom stereocenters. The molecule has 2 fully saturated rings. The van der Waals surface area contributed by atoms with E-state index in [1.165, 1.54) is 19.2 Å². The number of rotatable bonds is 8. The minimum atomic E-state index is -4.38. The van der Waals surface area contributed by atoms with Crippen molar-refractivity contribution < 1.29 is 22.7 Å². The van der Waals surface area contributed by atoms with Crippen LogP contribution in [0.5, 0.6) is 5.75 Å². The standard InChI is InChI=1S/C22H30ClF3N4O2/c1-4-15(2)30-13-17(14-30)28-5-7-29(8-6-28)21(31)12-27-19-9-16(11-22(24,25)26)18(23)10-20(19)32-3/h4,9-10,15,17,27H,1,5-8,11-14H2,2-3H3. The second-order valence-electron chi connectivity index (χ2n) is 8.29. The monoisotopic (exact) mass is 474 g/mol. The smallest absolute Gasteiger partial charge is 0.393 e. The van der Waals surface area contributed by atoms with Gasteiger partial charge in [-0.25, -0.2) is 0 Å². The van der Waals surface area contributed by atoms with Crippen molar-refractivity contribution >= 4 is 23.2 Å². The average molecular weight is 475 g/mol. The van der Waals surface area contributed by atoms with Crippen LogP contribution in [0.4, 0.5) is 18.9 Å². The zero-order valence-corrected chi connectivity index (χ0v) is 19.2. The summed E-state index contributed by atoms with van der Waals surface area (Å²) >= 11 is 5.97. The van der Waals surface area contributed by atoms with E-state index in [1.807, 2.05) is 6.08 Å². The molecule has 0 radical (unpaired) electrons. The van der Waals surface area contributed by atoms with E-state index < -0.39 is 12.6 Å². The lowest BCUT2D eigenvalue weighted by Gasteiger charge is -2.49. The number of carbonyl (C=O) groups excluding carboxylic acids is 1. The number of nitrogens with zero attached hydrogens (tertiary/aromatic N) is 3. The van der Waals surface area contributed by atoms with Gasteiger partial charge in [0.05, 0.1) is 25.8 Å². The highest BCUT2D eigenvalue weighted by Gasteiger charge is 2.35. The summed E-state index contributed by atoms with van der Waals surface area (Å²) in [5, 5.41) is 2.90. The van der Waals surface area contributed by atoms with Crippen LogP contribution in [-0.4, -0.2) is 91.8 Å².